The second-order valence-electron chi connectivity index (χ2n) is 5.16. The zero-order valence-electron chi connectivity index (χ0n) is 13.3. The number of aliphatic carboxylic acids is 1. The molecule has 1 unspecified atom stereocenters. The molecular weight excluding hydrogens is 316 g/mol. The van der Waals surface area contributed by atoms with E-state index in [1.165, 1.54) is 20.3 Å². The fraction of sp³-hybridized carbons (Fsp3) is 0.267. The minimum atomic E-state index is -1.11. The SMILES string of the molecule is COc1cc(C2C=C(C(=O)O)Nc3nc(C)nn32)cc(OC)c1O. The van der Waals surface area contributed by atoms with E-state index in [4.69, 9.17) is 9.47 Å². The van der Waals surface area contributed by atoms with E-state index in [0.29, 0.717) is 17.3 Å². The molecule has 0 bridgehead atoms. The summed E-state index contributed by atoms with van der Waals surface area (Å²) in [7, 11) is 2.84. The van der Waals surface area contributed by atoms with Crippen LogP contribution in [0, 0.1) is 6.92 Å². The summed E-state index contributed by atoms with van der Waals surface area (Å²) >= 11 is 0. The van der Waals surface area contributed by atoms with Gasteiger partial charge < -0.3 is 25.0 Å². The summed E-state index contributed by atoms with van der Waals surface area (Å²) in [5.41, 5.74) is 0.624. The molecule has 1 atom stereocenters. The average molecular weight is 332 g/mol. The van der Waals surface area contributed by atoms with Crippen molar-refractivity contribution in [1.82, 2.24) is 14.8 Å². The Balaban J connectivity index is 2.18. The van der Waals surface area contributed by atoms with Crippen LogP contribution in [-0.2, 0) is 4.79 Å². The van der Waals surface area contributed by atoms with Gasteiger partial charge in [0.2, 0.25) is 11.7 Å². The Bertz CT molecular complexity index is 817. The normalized spacial score (nSPS) is 16.0. The van der Waals surface area contributed by atoms with Gasteiger partial charge in [-0.05, 0) is 30.7 Å². The minimum Gasteiger partial charge on any atom is -0.502 e. The number of phenols is 1. The van der Waals surface area contributed by atoms with Crippen molar-refractivity contribution in [2.45, 2.75) is 13.0 Å². The van der Waals surface area contributed by atoms with Gasteiger partial charge in [-0.15, -0.1) is 0 Å². The smallest absolute Gasteiger partial charge is 0.352 e. The first kappa shape index (κ1) is 15.7. The predicted molar refractivity (Wildman–Crippen MR) is 83.5 cm³/mol. The Labute approximate surface area is 137 Å². The maximum Gasteiger partial charge on any atom is 0.352 e. The second-order valence-corrected chi connectivity index (χ2v) is 5.16. The topological polar surface area (TPSA) is 119 Å². The lowest BCUT2D eigenvalue weighted by Gasteiger charge is -2.23. The second kappa shape index (κ2) is 5.76. The first-order chi connectivity index (χ1) is 11.4. The number of fused-ring (bicyclic) bond motifs is 1. The number of anilines is 1. The van der Waals surface area contributed by atoms with Crippen LogP contribution >= 0.6 is 0 Å². The third-order valence-corrected chi connectivity index (χ3v) is 3.65. The molecule has 2 heterocycles. The standard InChI is InChI=1S/C15H16N4O5/c1-7-16-15-17-9(14(21)22)6-10(19(15)18-7)8-4-11(23-2)13(20)12(5-8)24-3/h4-6,10,20H,1-3H3,(H,21,22)(H,16,17,18). The molecular formula is C15H16N4O5. The molecule has 0 saturated carbocycles. The molecule has 9 heteroatoms. The minimum absolute atomic E-state index is 0.00842. The molecule has 0 spiro atoms. The third-order valence-electron chi connectivity index (χ3n) is 3.65. The highest BCUT2D eigenvalue weighted by atomic mass is 16.5. The van der Waals surface area contributed by atoms with Crippen LogP contribution in [0.15, 0.2) is 23.9 Å². The first-order valence-corrected chi connectivity index (χ1v) is 7.04. The van der Waals surface area contributed by atoms with Crippen molar-refractivity contribution < 1.29 is 24.5 Å². The van der Waals surface area contributed by atoms with Crippen LogP contribution < -0.4 is 14.8 Å². The number of aromatic hydroxyl groups is 1. The fourth-order valence-electron chi connectivity index (χ4n) is 2.55. The van der Waals surface area contributed by atoms with E-state index in [9.17, 15) is 15.0 Å². The van der Waals surface area contributed by atoms with Crippen molar-refractivity contribution in [3.8, 4) is 17.2 Å². The van der Waals surface area contributed by atoms with E-state index in [1.54, 1.807) is 23.7 Å². The van der Waals surface area contributed by atoms with E-state index in [1.807, 2.05) is 0 Å². The van der Waals surface area contributed by atoms with Gasteiger partial charge in [0.05, 0.1) is 14.2 Å². The van der Waals surface area contributed by atoms with Crippen LogP contribution in [0.1, 0.15) is 17.4 Å². The van der Waals surface area contributed by atoms with Crippen molar-refractivity contribution in [3.05, 3.63) is 35.3 Å². The van der Waals surface area contributed by atoms with Crippen molar-refractivity contribution >= 4 is 11.9 Å². The van der Waals surface area contributed by atoms with Gasteiger partial charge in [0.15, 0.2) is 11.5 Å². The quantitative estimate of drug-likeness (QED) is 0.766. The number of benzene rings is 1. The number of nitrogens with one attached hydrogen (secondary N) is 1. The molecule has 0 aliphatic carbocycles. The van der Waals surface area contributed by atoms with Crippen LogP contribution in [0.3, 0.4) is 0 Å². The summed E-state index contributed by atoms with van der Waals surface area (Å²) in [6.07, 6.45) is 1.51. The van der Waals surface area contributed by atoms with Gasteiger partial charge in [-0.3, -0.25) is 0 Å². The van der Waals surface area contributed by atoms with Crippen LogP contribution in [-0.4, -0.2) is 45.2 Å². The molecule has 0 amide bonds. The van der Waals surface area contributed by atoms with E-state index in [0.717, 1.165) is 0 Å². The van der Waals surface area contributed by atoms with Crippen molar-refractivity contribution in [3.63, 3.8) is 0 Å². The fourth-order valence-corrected chi connectivity index (χ4v) is 2.55. The van der Waals surface area contributed by atoms with Gasteiger partial charge >= 0.3 is 5.97 Å². The highest BCUT2D eigenvalue weighted by Gasteiger charge is 2.28. The van der Waals surface area contributed by atoms with Crippen molar-refractivity contribution in [1.29, 1.82) is 0 Å². The molecule has 3 rings (SSSR count). The number of carboxylic acids is 1. The highest BCUT2D eigenvalue weighted by Crippen LogP contribution is 2.40. The van der Waals surface area contributed by atoms with Crippen LogP contribution in [0.2, 0.25) is 0 Å². The number of carbonyl (C=O) groups is 1. The van der Waals surface area contributed by atoms with Gasteiger partial charge in [0.1, 0.15) is 17.6 Å². The van der Waals surface area contributed by atoms with E-state index in [2.05, 4.69) is 15.4 Å². The van der Waals surface area contributed by atoms with Gasteiger partial charge in [-0.25, -0.2) is 9.48 Å². The van der Waals surface area contributed by atoms with Gasteiger partial charge in [0, 0.05) is 0 Å². The Hall–Kier alpha value is -3.23. The van der Waals surface area contributed by atoms with E-state index >= 15 is 0 Å². The Morgan fingerprint density at radius 3 is 2.46 bits per heavy atom. The summed E-state index contributed by atoms with van der Waals surface area (Å²) in [6, 6.07) is 2.66. The molecule has 1 aliphatic rings. The first-order valence-electron chi connectivity index (χ1n) is 7.04. The van der Waals surface area contributed by atoms with Gasteiger partial charge in [-0.2, -0.15) is 10.1 Å². The Morgan fingerprint density at radius 2 is 1.92 bits per heavy atom. The summed E-state index contributed by atoms with van der Waals surface area (Å²) in [5.74, 6) is 0.0153. The number of aromatic nitrogens is 3. The van der Waals surface area contributed by atoms with Crippen molar-refractivity contribution in [2.75, 3.05) is 19.5 Å². The molecule has 9 nitrogen and oxygen atoms in total. The van der Waals surface area contributed by atoms with Crippen LogP contribution in [0.4, 0.5) is 5.95 Å². The number of hydrogen-bond acceptors (Lipinski definition) is 7. The maximum atomic E-state index is 11.4. The number of nitrogens with zero attached hydrogens (tertiary/aromatic N) is 3. The monoisotopic (exact) mass is 332 g/mol. The van der Waals surface area contributed by atoms with Gasteiger partial charge in [0.25, 0.3) is 0 Å². The Kier molecular flexibility index (Phi) is 3.76. The number of carboxylic acid groups (broad SMARTS) is 1. The molecule has 0 saturated heterocycles. The molecule has 1 aromatic carbocycles. The molecule has 1 aliphatic heterocycles. The number of methoxy groups -OCH3 is 2. The predicted octanol–water partition coefficient (Wildman–Crippen LogP) is 1.29. The molecule has 126 valence electrons. The summed E-state index contributed by atoms with van der Waals surface area (Å²) < 4.78 is 11.9. The zero-order chi connectivity index (χ0) is 17.4. The Morgan fingerprint density at radius 1 is 1.29 bits per heavy atom. The third kappa shape index (κ3) is 2.49. The molecule has 0 radical (unpaired) electrons. The summed E-state index contributed by atoms with van der Waals surface area (Å²) in [4.78, 5) is 15.6. The molecule has 2 aromatic rings. The lowest BCUT2D eigenvalue weighted by Crippen LogP contribution is -2.24. The number of allylic oxidation sites excluding steroid dienone is 1. The number of ether oxygens (including phenoxy) is 2. The van der Waals surface area contributed by atoms with Gasteiger partial charge in [-0.1, -0.05) is 0 Å². The lowest BCUT2D eigenvalue weighted by molar-refractivity contribution is -0.132. The molecule has 3 N–H and O–H groups in total. The lowest BCUT2D eigenvalue weighted by atomic mass is 10.0. The zero-order valence-corrected chi connectivity index (χ0v) is 13.3. The number of rotatable bonds is 4. The molecule has 1 aromatic heterocycles. The number of phenolic OH excluding ortho intramolecular Hbond substituents is 1. The molecule has 0 fully saturated rings. The van der Waals surface area contributed by atoms with Crippen molar-refractivity contribution in [2.24, 2.45) is 0 Å². The summed E-state index contributed by atoms with van der Waals surface area (Å²) in [6.45, 7) is 1.71. The highest BCUT2D eigenvalue weighted by molar-refractivity contribution is 5.90. The van der Waals surface area contributed by atoms with Crippen LogP contribution in [0.5, 0.6) is 17.2 Å². The summed E-state index contributed by atoms with van der Waals surface area (Å²) in [5, 5.41) is 26.4. The van der Waals surface area contributed by atoms with E-state index < -0.39 is 12.0 Å². The van der Waals surface area contributed by atoms with Crippen LogP contribution in [0.25, 0.3) is 0 Å². The van der Waals surface area contributed by atoms with E-state index in [-0.39, 0.29) is 22.9 Å². The average Bonchev–Trinajstić information content (AvgIpc) is 2.94. The molecule has 24 heavy (non-hydrogen) atoms. The maximum absolute atomic E-state index is 11.4. The number of aryl methyl sites for hydroxylation is 1. The largest absolute Gasteiger partial charge is 0.502 e. The number of hydrogen-bond donors (Lipinski definition) is 3.